The van der Waals surface area contributed by atoms with E-state index in [1.165, 1.54) is 40.6 Å². The lowest BCUT2D eigenvalue weighted by Crippen LogP contribution is -2.04. The Balaban J connectivity index is 2.37. The minimum Gasteiger partial charge on any atom is -0.493 e. The Morgan fingerprint density at radius 2 is 1.20 bits per heavy atom. The van der Waals surface area contributed by atoms with E-state index in [0.717, 1.165) is 0 Å². The molecule has 0 atom stereocenters. The topological polar surface area (TPSA) is 80.3 Å². The van der Waals surface area contributed by atoms with Crippen molar-refractivity contribution in [1.29, 1.82) is 0 Å². The van der Waals surface area contributed by atoms with E-state index in [2.05, 4.69) is 4.74 Å². The molecule has 132 valence electrons. The molecule has 0 spiro atoms. The molecule has 0 aliphatic carbocycles. The summed E-state index contributed by atoms with van der Waals surface area (Å²) in [7, 11) is 5.49. The van der Waals surface area contributed by atoms with Crippen LogP contribution in [-0.2, 0) is 9.47 Å². The summed E-state index contributed by atoms with van der Waals surface area (Å²) in [5.41, 5.74) is 0.666. The maximum Gasteiger partial charge on any atom is 0.338 e. The Kier molecular flexibility index (Phi) is 5.84. The fraction of sp³-hybridized carbons (Fsp3) is 0.222. The molecule has 2 aromatic rings. The fourth-order valence-corrected chi connectivity index (χ4v) is 2.11. The summed E-state index contributed by atoms with van der Waals surface area (Å²) in [6.07, 6.45) is 0. The van der Waals surface area contributed by atoms with Gasteiger partial charge in [-0.1, -0.05) is 0 Å². The van der Waals surface area contributed by atoms with Crippen LogP contribution in [0.4, 0.5) is 0 Å². The summed E-state index contributed by atoms with van der Waals surface area (Å²) in [6.45, 7) is 0. The normalized spacial score (nSPS) is 9.92. The van der Waals surface area contributed by atoms with Crippen molar-refractivity contribution in [2.75, 3.05) is 28.4 Å². The predicted molar refractivity (Wildman–Crippen MR) is 88.7 cm³/mol. The van der Waals surface area contributed by atoms with Crippen molar-refractivity contribution in [3.05, 3.63) is 47.5 Å². The highest BCUT2D eigenvalue weighted by Crippen LogP contribution is 2.41. The summed E-state index contributed by atoms with van der Waals surface area (Å²) in [5.74, 6) is 0.391. The van der Waals surface area contributed by atoms with E-state index in [1.54, 1.807) is 24.3 Å². The number of rotatable bonds is 6. The van der Waals surface area contributed by atoms with Crippen molar-refractivity contribution < 1.29 is 33.3 Å². The molecule has 0 aromatic heterocycles. The highest BCUT2D eigenvalue weighted by atomic mass is 16.5. The fourth-order valence-electron chi connectivity index (χ4n) is 2.11. The molecular formula is C18H18O7. The van der Waals surface area contributed by atoms with Gasteiger partial charge >= 0.3 is 11.9 Å². The van der Waals surface area contributed by atoms with E-state index in [4.69, 9.17) is 18.9 Å². The molecule has 0 fully saturated rings. The molecule has 0 heterocycles. The lowest BCUT2D eigenvalue weighted by Gasteiger charge is -2.15. The highest BCUT2D eigenvalue weighted by molar-refractivity contribution is 5.91. The van der Waals surface area contributed by atoms with Crippen molar-refractivity contribution in [2.24, 2.45) is 0 Å². The Hall–Kier alpha value is -3.22. The number of ether oxygens (including phenoxy) is 5. The minimum atomic E-state index is -0.523. The molecule has 2 aromatic carbocycles. The minimum absolute atomic E-state index is 0.268. The van der Waals surface area contributed by atoms with Gasteiger partial charge in [-0.25, -0.2) is 9.59 Å². The van der Waals surface area contributed by atoms with Crippen LogP contribution in [-0.4, -0.2) is 40.4 Å². The molecule has 0 aliphatic rings. The van der Waals surface area contributed by atoms with Gasteiger partial charge in [0.05, 0.1) is 39.6 Å². The second-order valence-corrected chi connectivity index (χ2v) is 4.82. The Morgan fingerprint density at radius 1 is 0.720 bits per heavy atom. The monoisotopic (exact) mass is 346 g/mol. The standard InChI is InChI=1S/C18H18O7/c1-21-14-9-12(18(20)24-4)10-15(22-2)16(14)25-13-7-5-11(6-8-13)17(19)23-3/h5-10H,1-4H3. The Labute approximate surface area is 145 Å². The molecule has 0 bridgehead atoms. The molecule has 0 amide bonds. The first-order valence-electron chi connectivity index (χ1n) is 7.24. The number of esters is 2. The molecule has 7 heteroatoms. The van der Waals surface area contributed by atoms with E-state index >= 15 is 0 Å². The van der Waals surface area contributed by atoms with Crippen LogP contribution in [0, 0.1) is 0 Å². The summed E-state index contributed by atoms with van der Waals surface area (Å²) < 4.78 is 25.7. The third-order valence-corrected chi connectivity index (χ3v) is 3.38. The van der Waals surface area contributed by atoms with Gasteiger partial charge in [0.2, 0.25) is 5.75 Å². The Morgan fingerprint density at radius 3 is 1.64 bits per heavy atom. The molecule has 0 saturated heterocycles. The van der Waals surface area contributed by atoms with Crippen molar-refractivity contribution in [3.63, 3.8) is 0 Å². The lowest BCUT2D eigenvalue weighted by atomic mass is 10.1. The number of carbonyl (C=O) groups is 2. The molecule has 0 N–H and O–H groups in total. The zero-order valence-electron chi connectivity index (χ0n) is 14.3. The predicted octanol–water partition coefficient (Wildman–Crippen LogP) is 3.07. The highest BCUT2D eigenvalue weighted by Gasteiger charge is 2.19. The zero-order valence-corrected chi connectivity index (χ0v) is 14.3. The van der Waals surface area contributed by atoms with Gasteiger partial charge < -0.3 is 23.7 Å². The number of benzene rings is 2. The summed E-state index contributed by atoms with van der Waals surface area (Å²) >= 11 is 0. The van der Waals surface area contributed by atoms with E-state index in [0.29, 0.717) is 28.6 Å². The van der Waals surface area contributed by atoms with E-state index < -0.39 is 11.9 Å². The smallest absolute Gasteiger partial charge is 0.338 e. The number of hydrogen-bond donors (Lipinski definition) is 0. The average Bonchev–Trinajstić information content (AvgIpc) is 2.67. The zero-order chi connectivity index (χ0) is 18.4. The quantitative estimate of drug-likeness (QED) is 0.744. The first kappa shape index (κ1) is 18.1. The second-order valence-electron chi connectivity index (χ2n) is 4.82. The van der Waals surface area contributed by atoms with E-state index in [1.807, 2.05) is 0 Å². The summed E-state index contributed by atoms with van der Waals surface area (Å²) in [5, 5.41) is 0. The third-order valence-electron chi connectivity index (χ3n) is 3.38. The van der Waals surface area contributed by atoms with Crippen molar-refractivity contribution in [1.82, 2.24) is 0 Å². The second kappa shape index (κ2) is 8.05. The molecule has 0 saturated carbocycles. The lowest BCUT2D eigenvalue weighted by molar-refractivity contribution is 0.0591. The first-order chi connectivity index (χ1) is 12.0. The molecule has 0 radical (unpaired) electrons. The van der Waals surface area contributed by atoms with Crippen LogP contribution >= 0.6 is 0 Å². The van der Waals surface area contributed by atoms with Gasteiger partial charge in [-0.15, -0.1) is 0 Å². The van der Waals surface area contributed by atoms with Crippen LogP contribution in [0.25, 0.3) is 0 Å². The van der Waals surface area contributed by atoms with Crippen LogP contribution in [0.2, 0.25) is 0 Å². The SMILES string of the molecule is COC(=O)c1ccc(Oc2c(OC)cc(C(=O)OC)cc2OC)cc1. The van der Waals surface area contributed by atoms with E-state index in [9.17, 15) is 9.59 Å². The average molecular weight is 346 g/mol. The van der Waals surface area contributed by atoms with Gasteiger partial charge in [-0.2, -0.15) is 0 Å². The molecule has 2 rings (SSSR count). The largest absolute Gasteiger partial charge is 0.493 e. The summed E-state index contributed by atoms with van der Waals surface area (Å²) in [6, 6.07) is 9.35. The first-order valence-corrected chi connectivity index (χ1v) is 7.24. The van der Waals surface area contributed by atoms with Crippen LogP contribution in [0.3, 0.4) is 0 Å². The summed E-state index contributed by atoms with van der Waals surface area (Å²) in [4.78, 5) is 23.2. The molecule has 7 nitrogen and oxygen atoms in total. The van der Waals surface area contributed by atoms with Crippen LogP contribution in [0.15, 0.2) is 36.4 Å². The van der Waals surface area contributed by atoms with Gasteiger partial charge in [-0.3, -0.25) is 0 Å². The molecule has 0 unspecified atom stereocenters. The van der Waals surface area contributed by atoms with Gasteiger partial charge in [-0.05, 0) is 36.4 Å². The van der Waals surface area contributed by atoms with Gasteiger partial charge in [0.15, 0.2) is 11.5 Å². The van der Waals surface area contributed by atoms with Gasteiger partial charge in [0.25, 0.3) is 0 Å². The van der Waals surface area contributed by atoms with Gasteiger partial charge in [0.1, 0.15) is 5.75 Å². The van der Waals surface area contributed by atoms with Crippen LogP contribution in [0.5, 0.6) is 23.0 Å². The van der Waals surface area contributed by atoms with Crippen molar-refractivity contribution in [2.45, 2.75) is 0 Å². The maximum absolute atomic E-state index is 11.7. The Bertz CT molecular complexity index is 740. The van der Waals surface area contributed by atoms with Crippen LogP contribution < -0.4 is 14.2 Å². The third kappa shape index (κ3) is 4.00. The maximum atomic E-state index is 11.7. The van der Waals surface area contributed by atoms with E-state index in [-0.39, 0.29) is 5.56 Å². The van der Waals surface area contributed by atoms with Gasteiger partial charge in [0, 0.05) is 0 Å². The molecule has 0 aliphatic heterocycles. The molecule has 25 heavy (non-hydrogen) atoms. The molecular weight excluding hydrogens is 328 g/mol. The number of hydrogen-bond acceptors (Lipinski definition) is 7. The van der Waals surface area contributed by atoms with Crippen molar-refractivity contribution in [3.8, 4) is 23.0 Å². The van der Waals surface area contributed by atoms with Crippen molar-refractivity contribution >= 4 is 11.9 Å². The number of methoxy groups -OCH3 is 4. The van der Waals surface area contributed by atoms with Crippen LogP contribution in [0.1, 0.15) is 20.7 Å². The number of carbonyl (C=O) groups excluding carboxylic acids is 2.